The Balaban J connectivity index is 1.93. The Morgan fingerprint density at radius 1 is 1.00 bits per heavy atom. The Labute approximate surface area is 172 Å². The predicted molar refractivity (Wildman–Crippen MR) is 109 cm³/mol. The summed E-state index contributed by atoms with van der Waals surface area (Å²) in [7, 11) is -3.61. The smallest absolute Gasteiger partial charge is 0.233 e. The Hall–Kier alpha value is -2.35. The zero-order valence-electron chi connectivity index (χ0n) is 14.8. The summed E-state index contributed by atoms with van der Waals surface area (Å²) in [5.74, 6) is 0.227. The highest BCUT2D eigenvalue weighted by molar-refractivity contribution is 7.89. The van der Waals surface area contributed by atoms with Crippen molar-refractivity contribution in [1.29, 1.82) is 0 Å². The number of carbonyl (C=O) groups excluding carboxylic acids is 1. The largest absolute Gasteiger partial charge is 0.440 e. The minimum atomic E-state index is -3.61. The molecule has 0 radical (unpaired) electrons. The molecule has 3 rings (SSSR count). The fourth-order valence-corrected chi connectivity index (χ4v) is 3.32. The molecule has 0 aliphatic heterocycles. The number of rotatable bonds is 6. The van der Waals surface area contributed by atoms with Crippen molar-refractivity contribution in [1.82, 2.24) is 9.71 Å². The molecule has 2 aromatic carbocycles. The molecule has 1 heterocycles. The fraction of sp³-hybridized carbons (Fsp3) is 0.158. The summed E-state index contributed by atoms with van der Waals surface area (Å²) >= 11 is 11.9. The Morgan fingerprint density at radius 3 is 2.07 bits per heavy atom. The van der Waals surface area contributed by atoms with Gasteiger partial charge < -0.3 is 4.42 Å². The van der Waals surface area contributed by atoms with Crippen LogP contribution in [0, 0.1) is 0 Å². The molecule has 9 heteroatoms. The SMILES string of the molecule is CS(=O)(=O)NC(=O)CCc1oc(-c2ccc(Cl)cc2)nc1-c1ccc(Cl)cc1. The first-order valence-electron chi connectivity index (χ1n) is 8.23. The van der Waals surface area contributed by atoms with E-state index in [0.717, 1.165) is 17.4 Å². The maximum Gasteiger partial charge on any atom is 0.233 e. The highest BCUT2D eigenvalue weighted by atomic mass is 35.5. The number of nitrogens with zero attached hydrogens (tertiary/aromatic N) is 1. The third-order valence-corrected chi connectivity index (χ3v) is 4.89. The summed E-state index contributed by atoms with van der Waals surface area (Å²) in [6.07, 6.45) is 1.04. The minimum Gasteiger partial charge on any atom is -0.440 e. The first-order chi connectivity index (χ1) is 13.2. The highest BCUT2D eigenvalue weighted by Crippen LogP contribution is 2.31. The fourth-order valence-electron chi connectivity index (χ4n) is 2.56. The molecule has 0 unspecified atom stereocenters. The van der Waals surface area contributed by atoms with Gasteiger partial charge in [0.25, 0.3) is 0 Å². The molecule has 1 N–H and O–H groups in total. The molecule has 146 valence electrons. The van der Waals surface area contributed by atoms with Crippen LogP contribution >= 0.6 is 23.2 Å². The van der Waals surface area contributed by atoms with Gasteiger partial charge in [-0.05, 0) is 36.4 Å². The molecule has 0 fully saturated rings. The number of carbonyl (C=O) groups is 1. The average Bonchev–Trinajstić information content (AvgIpc) is 3.04. The van der Waals surface area contributed by atoms with Gasteiger partial charge in [0.2, 0.25) is 21.8 Å². The van der Waals surface area contributed by atoms with Crippen molar-refractivity contribution in [2.24, 2.45) is 0 Å². The monoisotopic (exact) mass is 438 g/mol. The molecule has 0 atom stereocenters. The number of aromatic nitrogens is 1. The maximum absolute atomic E-state index is 11.9. The first kappa shape index (κ1) is 20.4. The van der Waals surface area contributed by atoms with Crippen LogP contribution in [0.2, 0.25) is 10.0 Å². The summed E-state index contributed by atoms with van der Waals surface area (Å²) in [4.78, 5) is 16.4. The standard InChI is InChI=1S/C19H16Cl2N2O4S/c1-28(25,26)23-17(24)11-10-16-18(12-2-6-14(20)7-3-12)22-19(27-16)13-4-8-15(21)9-5-13/h2-9H,10-11H2,1H3,(H,23,24). The van der Waals surface area contributed by atoms with Gasteiger partial charge in [0.15, 0.2) is 0 Å². The number of benzene rings is 2. The average molecular weight is 439 g/mol. The number of hydrogen-bond acceptors (Lipinski definition) is 5. The van der Waals surface area contributed by atoms with Crippen molar-refractivity contribution in [2.45, 2.75) is 12.8 Å². The summed E-state index contributed by atoms with van der Waals surface area (Å²) in [6.45, 7) is 0. The summed E-state index contributed by atoms with van der Waals surface area (Å²) < 4.78 is 30.2. The van der Waals surface area contributed by atoms with Gasteiger partial charge in [0.05, 0.1) is 6.26 Å². The first-order valence-corrected chi connectivity index (χ1v) is 10.9. The van der Waals surface area contributed by atoms with Gasteiger partial charge in [0.1, 0.15) is 11.5 Å². The van der Waals surface area contributed by atoms with Crippen LogP contribution in [0.5, 0.6) is 0 Å². The summed E-state index contributed by atoms with van der Waals surface area (Å²) in [6, 6.07) is 14.1. The van der Waals surface area contributed by atoms with Crippen LogP contribution in [0.3, 0.4) is 0 Å². The number of oxazole rings is 1. The molecule has 3 aromatic rings. The van der Waals surface area contributed by atoms with E-state index < -0.39 is 15.9 Å². The molecular weight excluding hydrogens is 423 g/mol. The van der Waals surface area contributed by atoms with E-state index in [1.165, 1.54) is 0 Å². The Bertz CT molecular complexity index is 1090. The third kappa shape index (κ3) is 5.34. The summed E-state index contributed by atoms with van der Waals surface area (Å²) in [5.41, 5.74) is 2.06. The van der Waals surface area contributed by atoms with Gasteiger partial charge in [0, 0.05) is 34.0 Å². The number of sulfonamides is 1. The van der Waals surface area contributed by atoms with Crippen LogP contribution in [0.25, 0.3) is 22.7 Å². The molecule has 0 bridgehead atoms. The minimum absolute atomic E-state index is 0.0666. The molecule has 1 amide bonds. The van der Waals surface area contributed by atoms with Crippen molar-refractivity contribution in [2.75, 3.05) is 6.26 Å². The molecule has 0 saturated carbocycles. The lowest BCUT2D eigenvalue weighted by molar-refractivity contribution is -0.119. The number of aryl methyl sites for hydroxylation is 1. The molecule has 0 aliphatic carbocycles. The molecule has 0 aliphatic rings. The van der Waals surface area contributed by atoms with Crippen LogP contribution in [0.1, 0.15) is 12.2 Å². The van der Waals surface area contributed by atoms with E-state index in [2.05, 4.69) is 4.98 Å². The van der Waals surface area contributed by atoms with Gasteiger partial charge in [-0.2, -0.15) is 0 Å². The highest BCUT2D eigenvalue weighted by Gasteiger charge is 2.18. The Kier molecular flexibility index (Phi) is 6.07. The molecule has 1 aromatic heterocycles. The molecule has 28 heavy (non-hydrogen) atoms. The predicted octanol–water partition coefficient (Wildman–Crippen LogP) is 4.32. The van der Waals surface area contributed by atoms with E-state index in [1.807, 2.05) is 4.72 Å². The van der Waals surface area contributed by atoms with Gasteiger partial charge >= 0.3 is 0 Å². The van der Waals surface area contributed by atoms with Crippen LogP contribution in [0.15, 0.2) is 52.9 Å². The van der Waals surface area contributed by atoms with Crippen LogP contribution in [0.4, 0.5) is 0 Å². The molecular formula is C19H16Cl2N2O4S. The van der Waals surface area contributed by atoms with Crippen LogP contribution < -0.4 is 4.72 Å². The topological polar surface area (TPSA) is 89.3 Å². The van der Waals surface area contributed by atoms with E-state index in [0.29, 0.717) is 27.4 Å². The molecule has 0 saturated heterocycles. The normalized spacial score (nSPS) is 11.4. The van der Waals surface area contributed by atoms with E-state index in [-0.39, 0.29) is 12.8 Å². The van der Waals surface area contributed by atoms with Crippen LogP contribution in [-0.2, 0) is 21.2 Å². The lowest BCUT2D eigenvalue weighted by Crippen LogP contribution is -2.29. The second kappa shape index (κ2) is 8.34. The van der Waals surface area contributed by atoms with Crippen molar-refractivity contribution in [3.8, 4) is 22.7 Å². The number of halogens is 2. The summed E-state index contributed by atoms with van der Waals surface area (Å²) in [5, 5.41) is 1.17. The lowest BCUT2D eigenvalue weighted by Gasteiger charge is -2.03. The van der Waals surface area contributed by atoms with Crippen molar-refractivity contribution in [3.05, 3.63) is 64.3 Å². The van der Waals surface area contributed by atoms with E-state index in [4.69, 9.17) is 27.6 Å². The van der Waals surface area contributed by atoms with Crippen molar-refractivity contribution >= 4 is 39.1 Å². The second-order valence-electron chi connectivity index (χ2n) is 6.10. The Morgan fingerprint density at radius 2 is 1.54 bits per heavy atom. The maximum atomic E-state index is 11.9. The van der Waals surface area contributed by atoms with Crippen molar-refractivity contribution in [3.63, 3.8) is 0 Å². The van der Waals surface area contributed by atoms with E-state index >= 15 is 0 Å². The van der Waals surface area contributed by atoms with E-state index in [1.54, 1.807) is 48.5 Å². The molecule has 6 nitrogen and oxygen atoms in total. The van der Waals surface area contributed by atoms with Gasteiger partial charge in [-0.1, -0.05) is 35.3 Å². The quantitative estimate of drug-likeness (QED) is 0.618. The van der Waals surface area contributed by atoms with E-state index in [9.17, 15) is 13.2 Å². The number of hydrogen-bond donors (Lipinski definition) is 1. The lowest BCUT2D eigenvalue weighted by atomic mass is 10.1. The van der Waals surface area contributed by atoms with Crippen molar-refractivity contribution < 1.29 is 17.6 Å². The van der Waals surface area contributed by atoms with Crippen LogP contribution in [-0.4, -0.2) is 25.6 Å². The zero-order chi connectivity index (χ0) is 20.3. The second-order valence-corrected chi connectivity index (χ2v) is 8.72. The zero-order valence-corrected chi connectivity index (χ0v) is 17.1. The van der Waals surface area contributed by atoms with Gasteiger partial charge in [-0.3, -0.25) is 9.52 Å². The number of amides is 1. The third-order valence-electron chi connectivity index (χ3n) is 3.78. The number of nitrogens with one attached hydrogen (secondary N) is 1. The molecule has 0 spiro atoms. The van der Waals surface area contributed by atoms with Gasteiger partial charge in [-0.15, -0.1) is 0 Å². The van der Waals surface area contributed by atoms with Gasteiger partial charge in [-0.25, -0.2) is 13.4 Å².